The van der Waals surface area contributed by atoms with E-state index in [0.717, 1.165) is 11.8 Å². The van der Waals surface area contributed by atoms with E-state index in [-0.39, 0.29) is 29.6 Å². The van der Waals surface area contributed by atoms with E-state index in [1.807, 2.05) is 41.0 Å². The molecule has 1 saturated heterocycles. The first kappa shape index (κ1) is 26.7. The molecule has 190 valence electrons. The maximum absolute atomic E-state index is 13.1. The van der Waals surface area contributed by atoms with Crippen LogP contribution in [0.2, 0.25) is 0 Å². The number of hydrogen-bond acceptors (Lipinski definition) is 4. The molecule has 3 rings (SSSR count). The lowest BCUT2D eigenvalue weighted by molar-refractivity contribution is -0.137. The molecule has 9 heteroatoms. The van der Waals surface area contributed by atoms with Gasteiger partial charge >= 0.3 is 6.18 Å². The number of anilines is 2. The van der Waals surface area contributed by atoms with Crippen LogP contribution >= 0.6 is 0 Å². The predicted octanol–water partition coefficient (Wildman–Crippen LogP) is 4.59. The van der Waals surface area contributed by atoms with Gasteiger partial charge in [-0.15, -0.1) is 0 Å². The Balaban J connectivity index is 1.48. The minimum atomic E-state index is -4.54. The zero-order valence-electron chi connectivity index (χ0n) is 20.6. The number of para-hydroxylation sites is 1. The summed E-state index contributed by atoms with van der Waals surface area (Å²) >= 11 is 0. The number of halogens is 3. The number of carbonyl (C=O) groups is 2. The summed E-state index contributed by atoms with van der Waals surface area (Å²) in [6.45, 7) is 10.4. The first-order valence-corrected chi connectivity index (χ1v) is 11.7. The third kappa shape index (κ3) is 7.29. The molecule has 1 aliphatic heterocycles. The average Bonchev–Trinajstić information content (AvgIpc) is 2.78. The third-order valence-electron chi connectivity index (χ3n) is 6.23. The number of alkyl halides is 3. The number of nitrogens with zero attached hydrogens (tertiary/aromatic N) is 2. The number of nitrogens with one attached hydrogen (secondary N) is 2. The first-order valence-electron chi connectivity index (χ1n) is 11.7. The Morgan fingerprint density at radius 2 is 1.51 bits per heavy atom. The summed E-state index contributed by atoms with van der Waals surface area (Å²) in [5.74, 6) is -0.608. The molecule has 1 aliphatic rings. The number of carbonyl (C=O) groups excluding carboxylic acids is 2. The Labute approximate surface area is 204 Å². The molecule has 1 fully saturated rings. The van der Waals surface area contributed by atoms with E-state index in [2.05, 4.69) is 31.4 Å². The quantitative estimate of drug-likeness (QED) is 0.622. The minimum absolute atomic E-state index is 0.0132. The van der Waals surface area contributed by atoms with Crippen LogP contribution in [0.25, 0.3) is 0 Å². The van der Waals surface area contributed by atoms with E-state index in [9.17, 15) is 22.8 Å². The van der Waals surface area contributed by atoms with E-state index in [4.69, 9.17) is 0 Å². The van der Waals surface area contributed by atoms with Crippen molar-refractivity contribution >= 4 is 23.2 Å². The highest BCUT2D eigenvalue weighted by Gasteiger charge is 2.34. The number of hydrogen-bond donors (Lipinski definition) is 2. The topological polar surface area (TPSA) is 64.7 Å². The molecule has 2 amide bonds. The van der Waals surface area contributed by atoms with Gasteiger partial charge in [0, 0.05) is 31.9 Å². The van der Waals surface area contributed by atoms with E-state index < -0.39 is 17.6 Å². The smallest absolute Gasteiger partial charge is 0.325 e. The van der Waals surface area contributed by atoms with Gasteiger partial charge in [-0.25, -0.2) is 0 Å². The van der Waals surface area contributed by atoms with Crippen LogP contribution in [0.3, 0.4) is 0 Å². The number of rotatable bonds is 6. The van der Waals surface area contributed by atoms with Gasteiger partial charge in [0.05, 0.1) is 23.8 Å². The van der Waals surface area contributed by atoms with Crippen molar-refractivity contribution in [3.05, 3.63) is 59.7 Å². The molecule has 0 aliphatic carbocycles. The second kappa shape index (κ2) is 10.8. The van der Waals surface area contributed by atoms with E-state index in [1.54, 1.807) is 0 Å². The summed E-state index contributed by atoms with van der Waals surface area (Å²) in [7, 11) is 0. The molecular weight excluding hydrogens is 457 g/mol. The lowest BCUT2D eigenvalue weighted by atomic mass is 9.87. The van der Waals surface area contributed by atoms with Crippen LogP contribution in [0, 0.1) is 0 Å². The molecule has 0 aromatic heterocycles. The highest BCUT2D eigenvalue weighted by Crippen LogP contribution is 2.34. The van der Waals surface area contributed by atoms with Crippen molar-refractivity contribution in [3.63, 3.8) is 0 Å². The first-order chi connectivity index (χ1) is 16.3. The van der Waals surface area contributed by atoms with Crippen LogP contribution in [0.15, 0.2) is 48.5 Å². The zero-order valence-corrected chi connectivity index (χ0v) is 20.6. The standard InChI is InChI=1S/C26H33F3N4O2/c1-18(24(35)30-20-11-9-19(10-12-20)25(2,3)4)33-15-13-32(14-16-33)17-23(34)31-22-8-6-5-7-21(22)26(27,28)29/h5-12,18H,13-17H2,1-4H3,(H,30,35)(H,31,34). The second-order valence-corrected chi connectivity index (χ2v) is 9.90. The van der Waals surface area contributed by atoms with Gasteiger partial charge in [-0.1, -0.05) is 45.0 Å². The highest BCUT2D eigenvalue weighted by atomic mass is 19.4. The molecule has 0 saturated carbocycles. The molecule has 35 heavy (non-hydrogen) atoms. The molecule has 0 radical (unpaired) electrons. The van der Waals surface area contributed by atoms with Crippen molar-refractivity contribution in [2.45, 2.75) is 45.3 Å². The molecule has 1 heterocycles. The van der Waals surface area contributed by atoms with Gasteiger partial charge in [0.2, 0.25) is 11.8 Å². The molecule has 6 nitrogen and oxygen atoms in total. The Morgan fingerprint density at radius 3 is 2.09 bits per heavy atom. The number of amides is 2. The molecule has 1 atom stereocenters. The molecule has 2 aromatic carbocycles. The number of piperazine rings is 1. The maximum Gasteiger partial charge on any atom is 0.418 e. The molecule has 2 N–H and O–H groups in total. The predicted molar refractivity (Wildman–Crippen MR) is 131 cm³/mol. The van der Waals surface area contributed by atoms with Gasteiger partial charge in [-0.3, -0.25) is 19.4 Å². The molecule has 0 bridgehead atoms. The Kier molecular flexibility index (Phi) is 8.22. The van der Waals surface area contributed by atoms with Crippen molar-refractivity contribution in [1.29, 1.82) is 0 Å². The summed E-state index contributed by atoms with van der Waals surface area (Å²) in [5, 5.41) is 5.33. The number of benzene rings is 2. The Hall–Kier alpha value is -2.91. The van der Waals surface area contributed by atoms with Crippen LogP contribution < -0.4 is 10.6 Å². The summed E-state index contributed by atoms with van der Waals surface area (Å²) in [6, 6.07) is 12.4. The molecule has 0 spiro atoms. The highest BCUT2D eigenvalue weighted by molar-refractivity contribution is 5.94. The maximum atomic E-state index is 13.1. The fourth-order valence-corrected chi connectivity index (χ4v) is 4.01. The van der Waals surface area contributed by atoms with Crippen molar-refractivity contribution in [1.82, 2.24) is 9.80 Å². The largest absolute Gasteiger partial charge is 0.418 e. The molecule has 1 unspecified atom stereocenters. The Morgan fingerprint density at radius 1 is 0.914 bits per heavy atom. The summed E-state index contributed by atoms with van der Waals surface area (Å²) < 4.78 is 39.4. The monoisotopic (exact) mass is 490 g/mol. The van der Waals surface area contributed by atoms with E-state index in [0.29, 0.717) is 26.2 Å². The van der Waals surface area contributed by atoms with Gasteiger partial charge in [0.1, 0.15) is 0 Å². The van der Waals surface area contributed by atoms with Gasteiger partial charge in [0.15, 0.2) is 0 Å². The van der Waals surface area contributed by atoms with Crippen molar-refractivity contribution in [2.24, 2.45) is 0 Å². The normalized spacial score (nSPS) is 16.5. The van der Waals surface area contributed by atoms with Gasteiger partial charge in [-0.05, 0) is 42.2 Å². The molecular formula is C26H33F3N4O2. The van der Waals surface area contributed by atoms with Gasteiger partial charge in [-0.2, -0.15) is 13.2 Å². The van der Waals surface area contributed by atoms with E-state index >= 15 is 0 Å². The SMILES string of the molecule is CC(C(=O)Nc1ccc(C(C)(C)C)cc1)N1CCN(CC(=O)Nc2ccccc2C(F)(F)F)CC1. The third-order valence-corrected chi connectivity index (χ3v) is 6.23. The van der Waals surface area contributed by atoms with Crippen molar-refractivity contribution < 1.29 is 22.8 Å². The minimum Gasteiger partial charge on any atom is -0.325 e. The lowest BCUT2D eigenvalue weighted by Gasteiger charge is -2.37. The van der Waals surface area contributed by atoms with Crippen LogP contribution in [0.5, 0.6) is 0 Å². The van der Waals surface area contributed by atoms with Crippen LogP contribution in [0.4, 0.5) is 24.5 Å². The van der Waals surface area contributed by atoms with Crippen LogP contribution in [0.1, 0.15) is 38.8 Å². The molecule has 2 aromatic rings. The second-order valence-electron chi connectivity index (χ2n) is 9.90. The fraction of sp³-hybridized carbons (Fsp3) is 0.462. The summed E-state index contributed by atoms with van der Waals surface area (Å²) in [5.41, 5.74) is 0.846. The van der Waals surface area contributed by atoms with Crippen molar-refractivity contribution in [3.8, 4) is 0 Å². The average molecular weight is 491 g/mol. The lowest BCUT2D eigenvalue weighted by Crippen LogP contribution is -2.53. The Bertz CT molecular complexity index is 1020. The van der Waals surface area contributed by atoms with E-state index in [1.165, 1.54) is 23.8 Å². The van der Waals surface area contributed by atoms with Gasteiger partial charge in [0.25, 0.3) is 0 Å². The van der Waals surface area contributed by atoms with Gasteiger partial charge < -0.3 is 10.6 Å². The summed E-state index contributed by atoms with van der Waals surface area (Å²) in [4.78, 5) is 29.0. The fourth-order valence-electron chi connectivity index (χ4n) is 4.01. The summed E-state index contributed by atoms with van der Waals surface area (Å²) in [6.07, 6.45) is -4.54. The van der Waals surface area contributed by atoms with Crippen LogP contribution in [-0.4, -0.2) is 60.4 Å². The van der Waals surface area contributed by atoms with Crippen molar-refractivity contribution in [2.75, 3.05) is 43.4 Å². The zero-order chi connectivity index (χ0) is 25.8. The van der Waals surface area contributed by atoms with Crippen LogP contribution in [-0.2, 0) is 21.2 Å².